The first-order chi connectivity index (χ1) is 12.8. The number of carbonyl (C=O) groups is 2. The molecule has 8 heteroatoms. The van der Waals surface area contributed by atoms with Crippen molar-refractivity contribution in [3.63, 3.8) is 0 Å². The highest BCUT2D eigenvalue weighted by Gasteiger charge is 2.11. The summed E-state index contributed by atoms with van der Waals surface area (Å²) in [7, 11) is 1.50. The van der Waals surface area contributed by atoms with Crippen LogP contribution in [0.2, 0.25) is 15.1 Å². The zero-order valence-corrected chi connectivity index (χ0v) is 17.0. The molecule has 2 aromatic carbocycles. The largest absolute Gasteiger partial charge is 0.493 e. The van der Waals surface area contributed by atoms with Crippen molar-refractivity contribution < 1.29 is 19.1 Å². The summed E-state index contributed by atoms with van der Waals surface area (Å²) in [5, 5.41) is 3.62. The number of rotatable bonds is 8. The third-order valence-electron chi connectivity index (χ3n) is 3.66. The van der Waals surface area contributed by atoms with Gasteiger partial charge in [-0.15, -0.1) is 0 Å². The van der Waals surface area contributed by atoms with Gasteiger partial charge in [-0.25, -0.2) is 0 Å². The van der Waals surface area contributed by atoms with Gasteiger partial charge in [0, 0.05) is 12.0 Å². The molecule has 0 atom stereocenters. The first-order valence-electron chi connectivity index (χ1n) is 8.08. The Kier molecular flexibility index (Phi) is 7.78. The molecule has 0 aliphatic heterocycles. The number of nitrogens with one attached hydrogen (secondary N) is 1. The molecule has 0 saturated heterocycles. The summed E-state index contributed by atoms with van der Waals surface area (Å²) >= 11 is 17.8. The van der Waals surface area contributed by atoms with Crippen LogP contribution in [0.3, 0.4) is 0 Å². The summed E-state index contributed by atoms with van der Waals surface area (Å²) in [5.41, 5.74) is 0.940. The Bertz CT molecular complexity index is 855. The number of anilines is 1. The maximum atomic E-state index is 12.1. The molecule has 27 heavy (non-hydrogen) atoms. The average molecular weight is 431 g/mol. The highest BCUT2D eigenvalue weighted by molar-refractivity contribution is 6.44. The van der Waals surface area contributed by atoms with Gasteiger partial charge in [-0.05, 0) is 43.7 Å². The third kappa shape index (κ3) is 6.03. The summed E-state index contributed by atoms with van der Waals surface area (Å²) in [4.78, 5) is 23.5. The Morgan fingerprint density at radius 1 is 1.00 bits per heavy atom. The standard InChI is InChI=1S/C19H18Cl3NO4/c1-11(24)12-5-6-17(18(8-12)26-2)27-7-3-4-19(25)23-16-10-14(21)13(20)9-15(16)22/h5-6,8-10H,3-4,7H2,1-2H3,(H,23,25). The van der Waals surface area contributed by atoms with Gasteiger partial charge in [0.15, 0.2) is 17.3 Å². The molecule has 144 valence electrons. The average Bonchev–Trinajstić information content (AvgIpc) is 2.63. The molecule has 0 aliphatic rings. The quantitative estimate of drug-likeness (QED) is 0.333. The van der Waals surface area contributed by atoms with Crippen molar-refractivity contribution in [2.24, 2.45) is 0 Å². The van der Waals surface area contributed by atoms with Crippen LogP contribution in [0.1, 0.15) is 30.1 Å². The van der Waals surface area contributed by atoms with Crippen LogP contribution in [0, 0.1) is 0 Å². The second-order valence-corrected chi connectivity index (χ2v) is 6.89. The van der Waals surface area contributed by atoms with E-state index < -0.39 is 0 Å². The van der Waals surface area contributed by atoms with Gasteiger partial charge in [-0.3, -0.25) is 9.59 Å². The van der Waals surface area contributed by atoms with Crippen LogP contribution < -0.4 is 14.8 Å². The van der Waals surface area contributed by atoms with Gasteiger partial charge in [0.1, 0.15) is 0 Å². The van der Waals surface area contributed by atoms with Crippen LogP contribution in [0.25, 0.3) is 0 Å². The Morgan fingerprint density at radius 2 is 1.70 bits per heavy atom. The van der Waals surface area contributed by atoms with E-state index in [0.29, 0.717) is 50.8 Å². The van der Waals surface area contributed by atoms with Crippen LogP contribution in [0.5, 0.6) is 11.5 Å². The van der Waals surface area contributed by atoms with Gasteiger partial charge in [0.05, 0.1) is 34.5 Å². The Labute approximate surface area is 172 Å². The molecule has 0 unspecified atom stereocenters. The molecule has 5 nitrogen and oxygen atoms in total. The summed E-state index contributed by atoms with van der Waals surface area (Å²) in [5.74, 6) is 0.695. The molecule has 0 heterocycles. The van der Waals surface area contributed by atoms with Crippen molar-refractivity contribution in [3.8, 4) is 11.5 Å². The van der Waals surface area contributed by atoms with Crippen LogP contribution in [-0.4, -0.2) is 25.4 Å². The fourth-order valence-corrected chi connectivity index (χ4v) is 2.85. The monoisotopic (exact) mass is 429 g/mol. The second kappa shape index (κ2) is 9.83. The normalized spacial score (nSPS) is 10.4. The SMILES string of the molecule is COc1cc(C(C)=O)ccc1OCCCC(=O)Nc1cc(Cl)c(Cl)cc1Cl. The summed E-state index contributed by atoms with van der Waals surface area (Å²) in [6, 6.07) is 7.93. The highest BCUT2D eigenvalue weighted by Crippen LogP contribution is 2.32. The minimum atomic E-state index is -0.224. The number of ether oxygens (including phenoxy) is 2. The third-order valence-corrected chi connectivity index (χ3v) is 4.69. The fraction of sp³-hybridized carbons (Fsp3) is 0.263. The van der Waals surface area contributed by atoms with Crippen LogP contribution >= 0.6 is 34.8 Å². The number of hydrogen-bond acceptors (Lipinski definition) is 4. The van der Waals surface area contributed by atoms with Crippen molar-refractivity contribution in [1.82, 2.24) is 0 Å². The number of halogens is 3. The number of Topliss-reactive ketones (excluding diaryl/α,β-unsaturated/α-hetero) is 1. The van der Waals surface area contributed by atoms with Crippen LogP contribution in [0.4, 0.5) is 5.69 Å². The summed E-state index contributed by atoms with van der Waals surface area (Å²) < 4.78 is 10.9. The molecule has 2 rings (SSSR count). The van der Waals surface area contributed by atoms with Gasteiger partial charge in [0.2, 0.25) is 5.91 Å². The molecule has 1 amide bonds. The lowest BCUT2D eigenvalue weighted by Crippen LogP contribution is -2.13. The molecular weight excluding hydrogens is 413 g/mol. The number of hydrogen-bond donors (Lipinski definition) is 1. The molecule has 0 aliphatic carbocycles. The minimum absolute atomic E-state index is 0.0579. The van der Waals surface area contributed by atoms with E-state index in [1.165, 1.54) is 26.2 Å². The van der Waals surface area contributed by atoms with Crippen molar-refractivity contribution in [2.75, 3.05) is 19.0 Å². The van der Waals surface area contributed by atoms with E-state index in [1.54, 1.807) is 18.2 Å². The Morgan fingerprint density at radius 3 is 2.37 bits per heavy atom. The zero-order chi connectivity index (χ0) is 20.0. The van der Waals surface area contributed by atoms with E-state index in [4.69, 9.17) is 44.3 Å². The fourth-order valence-electron chi connectivity index (χ4n) is 2.25. The number of ketones is 1. The van der Waals surface area contributed by atoms with Gasteiger partial charge >= 0.3 is 0 Å². The summed E-state index contributed by atoms with van der Waals surface area (Å²) in [6.07, 6.45) is 0.701. The number of benzene rings is 2. The lowest BCUT2D eigenvalue weighted by Gasteiger charge is -2.12. The van der Waals surface area contributed by atoms with Gasteiger partial charge in [-0.1, -0.05) is 34.8 Å². The smallest absolute Gasteiger partial charge is 0.224 e. The topological polar surface area (TPSA) is 64.6 Å². The number of carbonyl (C=O) groups excluding carboxylic acids is 2. The predicted molar refractivity (Wildman–Crippen MR) is 108 cm³/mol. The van der Waals surface area contributed by atoms with Crippen molar-refractivity contribution in [3.05, 3.63) is 51.0 Å². The number of amides is 1. The van der Waals surface area contributed by atoms with E-state index >= 15 is 0 Å². The molecule has 2 aromatic rings. The molecule has 1 N–H and O–H groups in total. The summed E-state index contributed by atoms with van der Waals surface area (Å²) in [6.45, 7) is 1.78. The van der Waals surface area contributed by atoms with E-state index in [1.807, 2.05) is 0 Å². The molecule has 0 aromatic heterocycles. The first-order valence-corrected chi connectivity index (χ1v) is 9.21. The lowest BCUT2D eigenvalue weighted by molar-refractivity contribution is -0.116. The Hall–Kier alpha value is -1.95. The maximum absolute atomic E-state index is 12.1. The number of methoxy groups -OCH3 is 1. The highest BCUT2D eigenvalue weighted by atomic mass is 35.5. The second-order valence-electron chi connectivity index (χ2n) is 5.67. The van der Waals surface area contributed by atoms with E-state index in [0.717, 1.165) is 0 Å². The first kappa shape index (κ1) is 21.4. The van der Waals surface area contributed by atoms with E-state index in [9.17, 15) is 9.59 Å². The lowest BCUT2D eigenvalue weighted by atomic mass is 10.1. The Balaban J connectivity index is 1.85. The predicted octanol–water partition coefficient (Wildman–Crippen LogP) is 5.66. The van der Waals surface area contributed by atoms with Crippen LogP contribution in [0.15, 0.2) is 30.3 Å². The molecule has 0 saturated carbocycles. The van der Waals surface area contributed by atoms with Gasteiger partial charge < -0.3 is 14.8 Å². The molecule has 0 radical (unpaired) electrons. The molecule has 0 fully saturated rings. The molecular formula is C19H18Cl3NO4. The van der Waals surface area contributed by atoms with Gasteiger partial charge in [0.25, 0.3) is 0 Å². The van der Waals surface area contributed by atoms with Crippen molar-refractivity contribution >= 4 is 52.2 Å². The van der Waals surface area contributed by atoms with E-state index in [-0.39, 0.29) is 18.1 Å². The zero-order valence-electron chi connectivity index (χ0n) is 14.8. The van der Waals surface area contributed by atoms with Crippen LogP contribution in [-0.2, 0) is 4.79 Å². The van der Waals surface area contributed by atoms with Gasteiger partial charge in [-0.2, -0.15) is 0 Å². The molecule has 0 bridgehead atoms. The molecule has 0 spiro atoms. The van der Waals surface area contributed by atoms with E-state index in [2.05, 4.69) is 5.32 Å². The minimum Gasteiger partial charge on any atom is -0.493 e. The van der Waals surface area contributed by atoms with Crippen molar-refractivity contribution in [2.45, 2.75) is 19.8 Å². The maximum Gasteiger partial charge on any atom is 0.224 e. The van der Waals surface area contributed by atoms with Crippen molar-refractivity contribution in [1.29, 1.82) is 0 Å².